The van der Waals surface area contributed by atoms with Gasteiger partial charge < -0.3 is 4.90 Å². The van der Waals surface area contributed by atoms with E-state index in [2.05, 4.69) is 15.7 Å². The third-order valence-electron chi connectivity index (χ3n) is 4.76. The predicted molar refractivity (Wildman–Crippen MR) is 113 cm³/mol. The standard InChI is InChI=1S/C20H24N4O3S2/c1-29(26,27)22-9-8-18-6-7-19(28-18)20(25)24-12-10-23(11-13-24)15-17-4-2-16(14-21)3-5-17/h2-7,22H,8-13,15H2,1H3. The van der Waals surface area contributed by atoms with Crippen molar-refractivity contribution < 1.29 is 13.2 Å². The van der Waals surface area contributed by atoms with Crippen molar-refractivity contribution in [2.24, 2.45) is 0 Å². The highest BCUT2D eigenvalue weighted by Crippen LogP contribution is 2.20. The topological polar surface area (TPSA) is 93.5 Å². The molecule has 0 atom stereocenters. The first-order chi connectivity index (χ1) is 13.8. The number of nitrogens with one attached hydrogen (secondary N) is 1. The minimum absolute atomic E-state index is 0.0374. The number of rotatable bonds is 7. The number of nitriles is 1. The zero-order valence-corrected chi connectivity index (χ0v) is 17.9. The van der Waals surface area contributed by atoms with E-state index in [-0.39, 0.29) is 5.91 Å². The lowest BCUT2D eigenvalue weighted by atomic mass is 10.1. The van der Waals surface area contributed by atoms with Gasteiger partial charge in [-0.3, -0.25) is 9.69 Å². The molecular formula is C20H24N4O3S2. The molecule has 0 aliphatic carbocycles. The summed E-state index contributed by atoms with van der Waals surface area (Å²) in [4.78, 5) is 18.6. The van der Waals surface area contributed by atoms with Crippen LogP contribution in [0.15, 0.2) is 36.4 Å². The number of thiophene rings is 1. The van der Waals surface area contributed by atoms with Crippen LogP contribution in [0.25, 0.3) is 0 Å². The lowest BCUT2D eigenvalue weighted by molar-refractivity contribution is 0.0633. The summed E-state index contributed by atoms with van der Waals surface area (Å²) in [6, 6.07) is 13.4. The molecule has 0 saturated carbocycles. The molecule has 1 fully saturated rings. The summed E-state index contributed by atoms with van der Waals surface area (Å²) in [5.74, 6) is 0.0374. The van der Waals surface area contributed by atoms with Crippen molar-refractivity contribution >= 4 is 27.3 Å². The average Bonchev–Trinajstić information content (AvgIpc) is 3.16. The van der Waals surface area contributed by atoms with Crippen LogP contribution in [0.3, 0.4) is 0 Å². The molecule has 2 aromatic rings. The Bertz CT molecular complexity index is 985. The van der Waals surface area contributed by atoms with Crippen LogP contribution in [0.1, 0.15) is 25.7 Å². The predicted octanol–water partition coefficient (Wildman–Crippen LogP) is 1.67. The number of sulfonamides is 1. The Morgan fingerprint density at radius 2 is 1.83 bits per heavy atom. The Labute approximate surface area is 175 Å². The minimum Gasteiger partial charge on any atom is -0.335 e. The van der Waals surface area contributed by atoms with E-state index in [1.165, 1.54) is 11.3 Å². The van der Waals surface area contributed by atoms with E-state index in [1.807, 2.05) is 41.3 Å². The van der Waals surface area contributed by atoms with Crippen molar-refractivity contribution in [3.63, 3.8) is 0 Å². The van der Waals surface area contributed by atoms with Crippen LogP contribution in [0.4, 0.5) is 0 Å². The monoisotopic (exact) mass is 432 g/mol. The Hall–Kier alpha value is -2.25. The highest BCUT2D eigenvalue weighted by Gasteiger charge is 2.23. The van der Waals surface area contributed by atoms with Crippen molar-refractivity contribution in [1.82, 2.24) is 14.5 Å². The van der Waals surface area contributed by atoms with Crippen molar-refractivity contribution in [3.8, 4) is 6.07 Å². The summed E-state index contributed by atoms with van der Waals surface area (Å²) in [5, 5.41) is 8.88. The number of hydrogen-bond donors (Lipinski definition) is 1. The van der Waals surface area contributed by atoms with E-state index in [1.54, 1.807) is 0 Å². The van der Waals surface area contributed by atoms with Crippen LogP contribution in [0.2, 0.25) is 0 Å². The van der Waals surface area contributed by atoms with Gasteiger partial charge in [-0.2, -0.15) is 5.26 Å². The maximum absolute atomic E-state index is 12.8. The molecule has 9 heteroatoms. The van der Waals surface area contributed by atoms with Crippen molar-refractivity contribution in [2.45, 2.75) is 13.0 Å². The molecule has 0 bridgehead atoms. The Kier molecular flexibility index (Phi) is 7.03. The van der Waals surface area contributed by atoms with E-state index in [4.69, 9.17) is 5.26 Å². The first-order valence-electron chi connectivity index (χ1n) is 9.38. The summed E-state index contributed by atoms with van der Waals surface area (Å²) in [6.07, 6.45) is 1.71. The van der Waals surface area contributed by atoms with Crippen LogP contribution in [-0.4, -0.2) is 63.1 Å². The van der Waals surface area contributed by atoms with Crippen LogP contribution in [-0.2, 0) is 23.0 Å². The van der Waals surface area contributed by atoms with Gasteiger partial charge >= 0.3 is 0 Å². The molecule has 154 valence electrons. The number of hydrogen-bond acceptors (Lipinski definition) is 6. The summed E-state index contributed by atoms with van der Waals surface area (Å²) in [5.41, 5.74) is 1.82. The van der Waals surface area contributed by atoms with Gasteiger partial charge in [0.25, 0.3) is 5.91 Å². The fourth-order valence-electron chi connectivity index (χ4n) is 3.19. The molecule has 0 spiro atoms. The zero-order chi connectivity index (χ0) is 20.9. The second-order valence-corrected chi connectivity index (χ2v) is 10.1. The number of benzene rings is 1. The van der Waals surface area contributed by atoms with Crippen LogP contribution < -0.4 is 4.72 Å². The molecule has 0 unspecified atom stereocenters. The van der Waals surface area contributed by atoms with Crippen molar-refractivity contribution in [3.05, 3.63) is 57.3 Å². The Morgan fingerprint density at radius 1 is 1.14 bits per heavy atom. The fraction of sp³-hybridized carbons (Fsp3) is 0.400. The molecule has 2 heterocycles. The maximum Gasteiger partial charge on any atom is 0.264 e. The molecule has 0 radical (unpaired) electrons. The molecule has 29 heavy (non-hydrogen) atoms. The molecule has 1 aromatic carbocycles. The number of nitrogens with zero attached hydrogens (tertiary/aromatic N) is 3. The summed E-state index contributed by atoms with van der Waals surface area (Å²) < 4.78 is 24.7. The lowest BCUT2D eigenvalue weighted by Gasteiger charge is -2.34. The number of amides is 1. The van der Waals surface area contributed by atoms with Crippen molar-refractivity contribution in [2.75, 3.05) is 39.0 Å². The van der Waals surface area contributed by atoms with Gasteiger partial charge in [0, 0.05) is 44.1 Å². The van der Waals surface area contributed by atoms with E-state index in [0.29, 0.717) is 36.5 Å². The van der Waals surface area contributed by atoms with Gasteiger partial charge in [-0.15, -0.1) is 11.3 Å². The molecule has 1 aliphatic rings. The van der Waals surface area contributed by atoms with E-state index in [0.717, 1.165) is 36.3 Å². The molecule has 1 saturated heterocycles. The molecule has 3 rings (SSSR count). The van der Waals surface area contributed by atoms with Gasteiger partial charge in [0.05, 0.1) is 22.8 Å². The second kappa shape index (κ2) is 9.50. The smallest absolute Gasteiger partial charge is 0.264 e. The largest absolute Gasteiger partial charge is 0.335 e. The van der Waals surface area contributed by atoms with E-state index in [9.17, 15) is 13.2 Å². The minimum atomic E-state index is -3.19. The SMILES string of the molecule is CS(=O)(=O)NCCc1ccc(C(=O)N2CCN(Cc3ccc(C#N)cc3)CC2)s1. The third-order valence-corrected chi connectivity index (χ3v) is 6.62. The van der Waals surface area contributed by atoms with Crippen LogP contribution in [0, 0.1) is 11.3 Å². The highest BCUT2D eigenvalue weighted by molar-refractivity contribution is 7.88. The second-order valence-electron chi connectivity index (χ2n) is 7.06. The molecule has 1 N–H and O–H groups in total. The van der Waals surface area contributed by atoms with E-state index < -0.39 is 10.0 Å². The average molecular weight is 433 g/mol. The molecular weight excluding hydrogens is 408 g/mol. The van der Waals surface area contributed by atoms with Gasteiger partial charge in [-0.1, -0.05) is 12.1 Å². The number of carbonyl (C=O) groups excluding carboxylic acids is 1. The Morgan fingerprint density at radius 3 is 2.45 bits per heavy atom. The Balaban J connectivity index is 1.47. The molecule has 1 amide bonds. The molecule has 1 aromatic heterocycles. The zero-order valence-electron chi connectivity index (χ0n) is 16.3. The fourth-order valence-corrected chi connectivity index (χ4v) is 4.64. The van der Waals surface area contributed by atoms with Crippen LogP contribution in [0.5, 0.6) is 0 Å². The van der Waals surface area contributed by atoms with Gasteiger partial charge in [0.1, 0.15) is 0 Å². The third kappa shape index (κ3) is 6.37. The first-order valence-corrected chi connectivity index (χ1v) is 12.1. The van der Waals surface area contributed by atoms with Crippen LogP contribution >= 0.6 is 11.3 Å². The maximum atomic E-state index is 12.8. The van der Waals surface area contributed by atoms with Crippen molar-refractivity contribution in [1.29, 1.82) is 5.26 Å². The molecule has 1 aliphatic heterocycles. The highest BCUT2D eigenvalue weighted by atomic mass is 32.2. The quantitative estimate of drug-likeness (QED) is 0.718. The van der Waals surface area contributed by atoms with Gasteiger partial charge in [0.15, 0.2) is 0 Å². The van der Waals surface area contributed by atoms with Gasteiger partial charge in [0.2, 0.25) is 10.0 Å². The summed E-state index contributed by atoms with van der Waals surface area (Å²) in [7, 11) is -3.19. The summed E-state index contributed by atoms with van der Waals surface area (Å²) >= 11 is 1.43. The van der Waals surface area contributed by atoms with E-state index >= 15 is 0 Å². The van der Waals surface area contributed by atoms with Gasteiger partial charge in [-0.05, 0) is 36.2 Å². The molecule has 7 nitrogen and oxygen atoms in total. The number of piperazine rings is 1. The van der Waals surface area contributed by atoms with Gasteiger partial charge in [-0.25, -0.2) is 13.1 Å². The normalized spacial score (nSPS) is 15.2. The number of carbonyl (C=O) groups is 1. The summed E-state index contributed by atoms with van der Waals surface area (Å²) in [6.45, 7) is 4.12. The first kappa shape index (κ1) is 21.5. The lowest BCUT2D eigenvalue weighted by Crippen LogP contribution is -2.48.